The Hall–Kier alpha value is -2.81. The predicted octanol–water partition coefficient (Wildman–Crippen LogP) is 9.17. The molecule has 0 saturated carbocycles. The smallest absolute Gasteiger partial charge is 0.165 e. The molecule has 3 heteroatoms. The molecule has 0 N–H and O–H groups in total. The number of ether oxygens (including phenoxy) is 2. The summed E-state index contributed by atoms with van der Waals surface area (Å²) >= 11 is 0. The van der Waals surface area contributed by atoms with Crippen LogP contribution in [-0.2, 0) is 6.61 Å². The van der Waals surface area contributed by atoms with Gasteiger partial charge >= 0.3 is 0 Å². The molecule has 35 heavy (non-hydrogen) atoms. The molecule has 188 valence electrons. The lowest BCUT2D eigenvalue weighted by Crippen LogP contribution is -2.11. The van der Waals surface area contributed by atoms with Crippen molar-refractivity contribution in [1.82, 2.24) is 0 Å². The first-order valence-corrected chi connectivity index (χ1v) is 13.5. The molecule has 3 nitrogen and oxygen atoms in total. The van der Waals surface area contributed by atoms with Gasteiger partial charge in [0.2, 0.25) is 0 Å². The van der Waals surface area contributed by atoms with Crippen LogP contribution in [0.5, 0.6) is 11.5 Å². The van der Waals surface area contributed by atoms with E-state index in [9.17, 15) is 4.79 Å². The van der Waals surface area contributed by atoms with E-state index in [1.807, 2.05) is 42.5 Å². The van der Waals surface area contributed by atoms with Gasteiger partial charge in [-0.2, -0.15) is 0 Å². The van der Waals surface area contributed by atoms with Crippen LogP contribution in [0.1, 0.15) is 94.5 Å². The van der Waals surface area contributed by atoms with E-state index in [0.717, 1.165) is 59.3 Å². The van der Waals surface area contributed by atoms with Crippen molar-refractivity contribution in [2.45, 2.75) is 85.2 Å². The van der Waals surface area contributed by atoms with Crippen LogP contribution in [0, 0.1) is 5.92 Å². The Morgan fingerprint density at radius 2 is 1.54 bits per heavy atom. The van der Waals surface area contributed by atoms with Crippen LogP contribution in [0.4, 0.5) is 0 Å². The number of fused-ring (bicyclic) bond motifs is 1. The number of hydrogen-bond donors (Lipinski definition) is 0. The Bertz CT molecular complexity index is 1040. The maximum atomic E-state index is 12.7. The summed E-state index contributed by atoms with van der Waals surface area (Å²) in [6, 6.07) is 20.2. The van der Waals surface area contributed by atoms with E-state index in [2.05, 4.69) is 39.0 Å². The van der Waals surface area contributed by atoms with Crippen LogP contribution in [-0.4, -0.2) is 12.4 Å². The fraction of sp³-hybridized carbons (Fsp3) is 0.469. The molecule has 0 fully saturated rings. The van der Waals surface area contributed by atoms with E-state index in [-0.39, 0.29) is 11.7 Å². The number of hydrogen-bond acceptors (Lipinski definition) is 3. The van der Waals surface area contributed by atoms with Crippen molar-refractivity contribution in [3.05, 3.63) is 71.8 Å². The Morgan fingerprint density at radius 1 is 0.800 bits per heavy atom. The standard InChI is InChI=1S/C32H42O3/c1-4-6-8-10-13-25(3)32(33)27-18-16-26(17-19-27)24-35-31-15-12-14-28-23-29(20-21-30(28)31)34-22-11-9-7-5-2/h12,14-21,23,25H,4-11,13,22,24H2,1-3H3/t25-/m1/s1. The van der Waals surface area contributed by atoms with Crippen molar-refractivity contribution in [2.75, 3.05) is 6.61 Å². The van der Waals surface area contributed by atoms with Crippen LogP contribution in [0.25, 0.3) is 10.8 Å². The van der Waals surface area contributed by atoms with E-state index in [1.165, 1.54) is 38.5 Å². The second-order valence-corrected chi connectivity index (χ2v) is 9.65. The third-order valence-electron chi connectivity index (χ3n) is 6.65. The number of rotatable bonds is 16. The second-order valence-electron chi connectivity index (χ2n) is 9.65. The number of Topliss-reactive ketones (excluding diaryl/α,β-unsaturated/α-hetero) is 1. The molecule has 0 aromatic heterocycles. The van der Waals surface area contributed by atoms with Gasteiger partial charge in [-0.1, -0.05) is 102 Å². The first-order valence-electron chi connectivity index (χ1n) is 13.5. The van der Waals surface area contributed by atoms with Gasteiger partial charge in [-0.15, -0.1) is 0 Å². The fourth-order valence-electron chi connectivity index (χ4n) is 4.39. The summed E-state index contributed by atoms with van der Waals surface area (Å²) < 4.78 is 12.1. The fourth-order valence-corrected chi connectivity index (χ4v) is 4.39. The summed E-state index contributed by atoms with van der Waals surface area (Å²) in [5, 5.41) is 2.19. The van der Waals surface area contributed by atoms with Gasteiger partial charge in [-0.05, 0) is 48.1 Å². The minimum Gasteiger partial charge on any atom is -0.494 e. The Kier molecular flexibility index (Phi) is 11.1. The monoisotopic (exact) mass is 474 g/mol. The molecule has 0 bridgehead atoms. The molecular formula is C32H42O3. The van der Waals surface area contributed by atoms with E-state index in [4.69, 9.17) is 9.47 Å². The van der Waals surface area contributed by atoms with Gasteiger partial charge in [-0.3, -0.25) is 4.79 Å². The van der Waals surface area contributed by atoms with Crippen LogP contribution >= 0.6 is 0 Å². The zero-order chi connectivity index (χ0) is 24.9. The molecular weight excluding hydrogens is 432 g/mol. The molecule has 0 heterocycles. The van der Waals surface area contributed by atoms with Crippen molar-refractivity contribution in [3.63, 3.8) is 0 Å². The van der Waals surface area contributed by atoms with Crippen LogP contribution in [0.2, 0.25) is 0 Å². The lowest BCUT2D eigenvalue weighted by atomic mass is 9.93. The van der Waals surface area contributed by atoms with Crippen LogP contribution in [0.3, 0.4) is 0 Å². The minimum atomic E-state index is 0.0786. The number of unbranched alkanes of at least 4 members (excludes halogenated alkanes) is 6. The Morgan fingerprint density at radius 3 is 2.29 bits per heavy atom. The predicted molar refractivity (Wildman–Crippen MR) is 147 cm³/mol. The number of ketones is 1. The number of carbonyl (C=O) groups excluding carboxylic acids is 1. The van der Waals surface area contributed by atoms with Gasteiger partial charge in [0.15, 0.2) is 5.78 Å². The summed E-state index contributed by atoms with van der Waals surface area (Å²) in [4.78, 5) is 12.7. The normalized spacial score (nSPS) is 12.0. The maximum Gasteiger partial charge on any atom is 0.165 e. The van der Waals surface area contributed by atoms with Crippen molar-refractivity contribution in [2.24, 2.45) is 5.92 Å². The summed E-state index contributed by atoms with van der Waals surface area (Å²) in [5.74, 6) is 2.09. The first-order chi connectivity index (χ1) is 17.1. The number of carbonyl (C=O) groups is 1. The topological polar surface area (TPSA) is 35.5 Å². The van der Waals surface area contributed by atoms with Gasteiger partial charge in [0.1, 0.15) is 18.1 Å². The average molecular weight is 475 g/mol. The molecule has 0 saturated heterocycles. The molecule has 0 unspecified atom stereocenters. The highest BCUT2D eigenvalue weighted by atomic mass is 16.5. The van der Waals surface area contributed by atoms with Crippen molar-refractivity contribution < 1.29 is 14.3 Å². The molecule has 0 aliphatic carbocycles. The van der Waals surface area contributed by atoms with Gasteiger partial charge in [0.05, 0.1) is 6.61 Å². The highest BCUT2D eigenvalue weighted by Crippen LogP contribution is 2.29. The molecule has 3 aromatic rings. The zero-order valence-corrected chi connectivity index (χ0v) is 21.9. The summed E-state index contributed by atoms with van der Waals surface area (Å²) in [7, 11) is 0. The lowest BCUT2D eigenvalue weighted by Gasteiger charge is -2.13. The third kappa shape index (κ3) is 8.42. The molecule has 0 aliphatic heterocycles. The molecule has 0 radical (unpaired) electrons. The van der Waals surface area contributed by atoms with E-state index < -0.39 is 0 Å². The third-order valence-corrected chi connectivity index (χ3v) is 6.65. The molecule has 0 aliphatic rings. The average Bonchev–Trinajstić information content (AvgIpc) is 2.89. The largest absolute Gasteiger partial charge is 0.494 e. The van der Waals surface area contributed by atoms with Crippen molar-refractivity contribution >= 4 is 16.6 Å². The van der Waals surface area contributed by atoms with E-state index in [1.54, 1.807) is 0 Å². The molecule has 0 spiro atoms. The Labute approximate surface area is 211 Å². The molecule has 0 amide bonds. The highest BCUT2D eigenvalue weighted by Gasteiger charge is 2.15. The molecule has 1 atom stereocenters. The van der Waals surface area contributed by atoms with Crippen LogP contribution < -0.4 is 9.47 Å². The van der Waals surface area contributed by atoms with Crippen molar-refractivity contribution in [1.29, 1.82) is 0 Å². The Balaban J connectivity index is 1.54. The van der Waals surface area contributed by atoms with Gasteiger partial charge in [0, 0.05) is 16.9 Å². The highest BCUT2D eigenvalue weighted by molar-refractivity contribution is 5.97. The van der Waals surface area contributed by atoms with Gasteiger partial charge in [0.25, 0.3) is 0 Å². The summed E-state index contributed by atoms with van der Waals surface area (Å²) in [6.45, 7) is 7.71. The first kappa shape index (κ1) is 26.8. The van der Waals surface area contributed by atoms with Gasteiger partial charge in [-0.25, -0.2) is 0 Å². The number of benzene rings is 3. The minimum absolute atomic E-state index is 0.0786. The quantitative estimate of drug-likeness (QED) is 0.153. The molecule has 3 rings (SSSR count). The van der Waals surface area contributed by atoms with E-state index >= 15 is 0 Å². The van der Waals surface area contributed by atoms with E-state index in [0.29, 0.717) is 6.61 Å². The maximum absolute atomic E-state index is 12.7. The SMILES string of the molecule is CCCCCCOc1ccc2c(OCc3ccc(C(=O)[C@H](C)CCCCCC)cc3)cccc2c1. The van der Waals surface area contributed by atoms with Gasteiger partial charge < -0.3 is 9.47 Å². The summed E-state index contributed by atoms with van der Waals surface area (Å²) in [6.07, 6.45) is 10.6. The lowest BCUT2D eigenvalue weighted by molar-refractivity contribution is 0.0922. The zero-order valence-electron chi connectivity index (χ0n) is 21.9. The molecule has 3 aromatic carbocycles. The summed E-state index contributed by atoms with van der Waals surface area (Å²) in [5.41, 5.74) is 1.85. The van der Waals surface area contributed by atoms with Crippen LogP contribution in [0.15, 0.2) is 60.7 Å². The second kappa shape index (κ2) is 14.6. The van der Waals surface area contributed by atoms with Crippen molar-refractivity contribution in [3.8, 4) is 11.5 Å².